The molecule has 7 heteroatoms. The van der Waals surface area contributed by atoms with Crippen molar-refractivity contribution in [1.29, 1.82) is 0 Å². The van der Waals surface area contributed by atoms with E-state index in [1.807, 2.05) is 12.1 Å². The molecule has 0 saturated carbocycles. The summed E-state index contributed by atoms with van der Waals surface area (Å²) < 4.78 is 30.6. The molecule has 0 bridgehead atoms. The molecule has 3 heterocycles. The van der Waals surface area contributed by atoms with E-state index in [0.29, 0.717) is 27.8 Å². The highest BCUT2D eigenvalue weighted by Gasteiger charge is 2.27. The van der Waals surface area contributed by atoms with Crippen LogP contribution in [0.25, 0.3) is 22.2 Å². The highest BCUT2D eigenvalue weighted by Crippen LogP contribution is 2.41. The fraction of sp³-hybridized carbons (Fsp3) is 0.0500. The fourth-order valence-electron chi connectivity index (χ4n) is 3.59. The van der Waals surface area contributed by atoms with E-state index in [2.05, 4.69) is 15.2 Å². The van der Waals surface area contributed by atoms with Crippen molar-refractivity contribution in [2.45, 2.75) is 6.92 Å². The Morgan fingerprint density at radius 2 is 1.81 bits per heavy atom. The summed E-state index contributed by atoms with van der Waals surface area (Å²) in [6.07, 6.45) is 3.10. The third-order valence-corrected chi connectivity index (χ3v) is 4.74. The zero-order valence-corrected chi connectivity index (χ0v) is 14.1. The first-order valence-corrected chi connectivity index (χ1v) is 8.28. The Bertz CT molecular complexity index is 1260. The average molecular weight is 362 g/mol. The van der Waals surface area contributed by atoms with Gasteiger partial charge in [-0.05, 0) is 18.2 Å². The van der Waals surface area contributed by atoms with Crippen LogP contribution >= 0.6 is 0 Å². The second-order valence-electron chi connectivity index (χ2n) is 6.32. The van der Waals surface area contributed by atoms with Gasteiger partial charge >= 0.3 is 0 Å². The molecule has 0 spiro atoms. The van der Waals surface area contributed by atoms with Crippen LogP contribution in [0.3, 0.4) is 0 Å². The summed E-state index contributed by atoms with van der Waals surface area (Å²) in [5.41, 5.74) is 2.91. The van der Waals surface area contributed by atoms with Gasteiger partial charge in [0, 0.05) is 29.6 Å². The molecule has 0 aliphatic carbocycles. The standard InChI is InChI=1S/C20H12F2N4O/c1-10(27)26-9-12-17-11(4-2-7-16(17)26)19-15(8-23-25-19)24-20(12)18-13(21)5-3-6-14(18)22/h2-9H,1H3,(H,23,25). The van der Waals surface area contributed by atoms with E-state index in [4.69, 9.17) is 0 Å². The van der Waals surface area contributed by atoms with Gasteiger partial charge < -0.3 is 0 Å². The number of halogens is 2. The Morgan fingerprint density at radius 3 is 2.56 bits per heavy atom. The summed E-state index contributed by atoms with van der Waals surface area (Å²) in [4.78, 5) is 16.7. The smallest absolute Gasteiger partial charge is 0.227 e. The minimum atomic E-state index is -0.720. The molecule has 0 unspecified atom stereocenters. The predicted molar refractivity (Wildman–Crippen MR) is 97.5 cm³/mol. The average Bonchev–Trinajstić information content (AvgIpc) is 3.22. The topological polar surface area (TPSA) is 63.0 Å². The van der Waals surface area contributed by atoms with E-state index < -0.39 is 11.6 Å². The fourth-order valence-corrected chi connectivity index (χ4v) is 3.59. The lowest BCUT2D eigenvalue weighted by atomic mass is 9.98. The van der Waals surface area contributed by atoms with Crippen LogP contribution in [0.1, 0.15) is 22.8 Å². The Morgan fingerprint density at radius 1 is 1.07 bits per heavy atom. The number of carbonyl (C=O) groups excluding carboxylic acids is 1. The second kappa shape index (κ2) is 5.44. The summed E-state index contributed by atoms with van der Waals surface area (Å²) in [7, 11) is 0. The van der Waals surface area contributed by atoms with Gasteiger partial charge in [0.1, 0.15) is 17.3 Å². The third kappa shape index (κ3) is 2.11. The third-order valence-electron chi connectivity index (χ3n) is 4.74. The molecule has 0 fully saturated rings. The zero-order chi connectivity index (χ0) is 18.7. The van der Waals surface area contributed by atoms with Crippen LogP contribution in [0.2, 0.25) is 0 Å². The van der Waals surface area contributed by atoms with Gasteiger partial charge in [-0.3, -0.25) is 14.5 Å². The first-order valence-electron chi connectivity index (χ1n) is 8.28. The second-order valence-corrected chi connectivity index (χ2v) is 6.32. The molecule has 4 aromatic rings. The number of aromatic amines is 1. The quantitative estimate of drug-likeness (QED) is 0.479. The van der Waals surface area contributed by atoms with Crippen molar-refractivity contribution in [2.75, 3.05) is 0 Å². The van der Waals surface area contributed by atoms with Crippen LogP contribution in [-0.4, -0.2) is 26.4 Å². The molecular formula is C20H12F2N4O. The van der Waals surface area contributed by atoms with Crippen molar-refractivity contribution < 1.29 is 13.6 Å². The van der Waals surface area contributed by atoms with Crippen LogP contribution < -0.4 is 0 Å². The number of aromatic nitrogens is 3. The van der Waals surface area contributed by atoms with Gasteiger partial charge in [-0.1, -0.05) is 18.2 Å². The first kappa shape index (κ1) is 15.6. The highest BCUT2D eigenvalue weighted by molar-refractivity contribution is 6.25. The SMILES string of the molecule is CC(=O)n1cc2c3c(cccc31)-c1[nH]ncc1N=C2c1c(F)cccc1F. The van der Waals surface area contributed by atoms with E-state index in [1.54, 1.807) is 12.3 Å². The maximum Gasteiger partial charge on any atom is 0.227 e. The van der Waals surface area contributed by atoms with E-state index in [1.165, 1.54) is 35.9 Å². The lowest BCUT2D eigenvalue weighted by Gasteiger charge is -2.07. The normalized spacial score (nSPS) is 12.6. The minimum Gasteiger partial charge on any atom is -0.287 e. The van der Waals surface area contributed by atoms with Gasteiger partial charge in [-0.2, -0.15) is 5.10 Å². The van der Waals surface area contributed by atoms with Gasteiger partial charge in [-0.15, -0.1) is 0 Å². The summed E-state index contributed by atoms with van der Waals surface area (Å²) in [6.45, 7) is 1.43. The first-order chi connectivity index (χ1) is 13.1. The summed E-state index contributed by atoms with van der Waals surface area (Å²) >= 11 is 0. The molecule has 27 heavy (non-hydrogen) atoms. The number of H-pyrrole nitrogens is 1. The number of carbonyl (C=O) groups is 1. The van der Waals surface area contributed by atoms with Crippen molar-refractivity contribution in [1.82, 2.24) is 14.8 Å². The number of nitrogens with zero attached hydrogens (tertiary/aromatic N) is 3. The number of hydrogen-bond acceptors (Lipinski definition) is 3. The van der Waals surface area contributed by atoms with Gasteiger partial charge in [0.15, 0.2) is 0 Å². The van der Waals surface area contributed by atoms with E-state index >= 15 is 0 Å². The number of nitrogens with one attached hydrogen (secondary N) is 1. The van der Waals surface area contributed by atoms with Crippen molar-refractivity contribution >= 4 is 28.2 Å². The largest absolute Gasteiger partial charge is 0.287 e. The molecule has 2 aromatic heterocycles. The Kier molecular flexibility index (Phi) is 3.15. The molecule has 1 aliphatic rings. The number of benzene rings is 2. The van der Waals surface area contributed by atoms with E-state index in [0.717, 1.165) is 5.56 Å². The van der Waals surface area contributed by atoms with Gasteiger partial charge in [0.2, 0.25) is 5.91 Å². The maximum absolute atomic E-state index is 14.6. The van der Waals surface area contributed by atoms with Crippen molar-refractivity contribution in [3.63, 3.8) is 0 Å². The van der Waals surface area contributed by atoms with Gasteiger partial charge in [0.05, 0.1) is 28.7 Å². The Balaban J connectivity index is 1.98. The van der Waals surface area contributed by atoms with Crippen LogP contribution in [0.5, 0.6) is 0 Å². The molecule has 0 radical (unpaired) electrons. The number of rotatable bonds is 1. The van der Waals surface area contributed by atoms with Gasteiger partial charge in [-0.25, -0.2) is 13.8 Å². The Labute approximate surface area is 152 Å². The van der Waals surface area contributed by atoms with E-state index in [-0.39, 0.29) is 17.2 Å². The zero-order valence-electron chi connectivity index (χ0n) is 14.1. The van der Waals surface area contributed by atoms with Crippen LogP contribution in [-0.2, 0) is 0 Å². The van der Waals surface area contributed by atoms with Crippen molar-refractivity contribution in [2.24, 2.45) is 4.99 Å². The van der Waals surface area contributed by atoms with Crippen LogP contribution in [0, 0.1) is 11.6 Å². The molecule has 5 nitrogen and oxygen atoms in total. The maximum atomic E-state index is 14.6. The van der Waals surface area contributed by atoms with Crippen molar-refractivity contribution in [3.05, 3.63) is 71.6 Å². The summed E-state index contributed by atoms with van der Waals surface area (Å²) in [6, 6.07) is 9.16. The van der Waals surface area contributed by atoms with Crippen molar-refractivity contribution in [3.8, 4) is 11.3 Å². The van der Waals surface area contributed by atoms with Crippen LogP contribution in [0.4, 0.5) is 14.5 Å². The summed E-state index contributed by atoms with van der Waals surface area (Å²) in [5, 5.41) is 7.62. The predicted octanol–water partition coefficient (Wildman–Crippen LogP) is 4.45. The minimum absolute atomic E-state index is 0.128. The summed E-state index contributed by atoms with van der Waals surface area (Å²) in [5.74, 6) is -1.65. The molecule has 1 N–H and O–H groups in total. The van der Waals surface area contributed by atoms with Crippen LogP contribution in [0.15, 0.2) is 53.8 Å². The molecule has 2 aromatic carbocycles. The number of fused-ring (bicyclic) bond motifs is 2. The monoisotopic (exact) mass is 362 g/mol. The molecule has 0 saturated heterocycles. The molecule has 5 rings (SSSR count). The number of aliphatic imine (C=N–C) groups is 1. The van der Waals surface area contributed by atoms with Gasteiger partial charge in [0.25, 0.3) is 0 Å². The molecular weight excluding hydrogens is 350 g/mol. The lowest BCUT2D eigenvalue weighted by molar-refractivity contribution is 0.0941. The Hall–Kier alpha value is -3.61. The highest BCUT2D eigenvalue weighted by atomic mass is 19.1. The molecule has 0 atom stereocenters. The molecule has 0 amide bonds. The lowest BCUT2D eigenvalue weighted by Crippen LogP contribution is -2.09. The molecule has 132 valence electrons. The van der Waals surface area contributed by atoms with E-state index in [9.17, 15) is 13.6 Å². The number of hydrogen-bond donors (Lipinski definition) is 1. The molecule has 1 aliphatic heterocycles.